The van der Waals surface area contributed by atoms with E-state index in [1.54, 1.807) is 0 Å². The molecule has 2 heteroatoms. The largest absolute Gasteiger partial charge is 0.257 e. The topological polar surface area (TPSA) is 19.7 Å². The molecule has 1 N–H and O–H groups in total. The second kappa shape index (κ2) is 16.2. The van der Waals surface area contributed by atoms with Gasteiger partial charge in [-0.05, 0) is 18.4 Å². The number of nitrogens with one attached hydrogen (secondary N) is 1. The monoisotopic (exact) mass is 411 g/mol. The summed E-state index contributed by atoms with van der Waals surface area (Å²) in [6, 6.07) is 10.8. The van der Waals surface area contributed by atoms with E-state index in [4.69, 9.17) is 0 Å². The molecule has 1 aromatic carbocycles. The zero-order chi connectivity index (χ0) is 21.3. The van der Waals surface area contributed by atoms with Gasteiger partial charge in [-0.25, -0.2) is 9.55 Å². The van der Waals surface area contributed by atoms with Gasteiger partial charge in [-0.2, -0.15) is 0 Å². The molecule has 0 aliphatic carbocycles. The molecule has 2 aromatic rings. The predicted molar refractivity (Wildman–Crippen MR) is 130 cm³/mol. The molecule has 1 aromatic heterocycles. The lowest BCUT2D eigenvalue weighted by Gasteiger charge is -2.14. The number of nitrogens with zero attached hydrogens (tertiary/aromatic N) is 1. The summed E-state index contributed by atoms with van der Waals surface area (Å²) in [6.45, 7) is 5.58. The lowest BCUT2D eigenvalue weighted by atomic mass is 9.94. The molecule has 0 aliphatic rings. The van der Waals surface area contributed by atoms with Crippen LogP contribution in [0, 0.1) is 0 Å². The summed E-state index contributed by atoms with van der Waals surface area (Å²) in [5.41, 5.74) is 1.38. The minimum atomic E-state index is 0.669. The summed E-state index contributed by atoms with van der Waals surface area (Å²) >= 11 is 0. The number of rotatable bonds is 18. The highest BCUT2D eigenvalue weighted by Gasteiger charge is 2.22. The summed E-state index contributed by atoms with van der Waals surface area (Å²) in [5.74, 6) is 2.10. The van der Waals surface area contributed by atoms with Crippen molar-refractivity contribution < 1.29 is 4.57 Å². The number of H-pyrrole nitrogens is 1. The fourth-order valence-corrected chi connectivity index (χ4v) is 4.57. The van der Waals surface area contributed by atoms with Crippen LogP contribution in [0.15, 0.2) is 42.7 Å². The van der Waals surface area contributed by atoms with Crippen LogP contribution in [-0.2, 0) is 6.54 Å². The molecule has 0 fully saturated rings. The Bertz CT molecular complexity index is 631. The Kier molecular flexibility index (Phi) is 13.3. The molecular formula is C28H47N2+. The lowest BCUT2D eigenvalue weighted by Crippen LogP contribution is -2.38. The molecular weight excluding hydrogens is 364 g/mol. The van der Waals surface area contributed by atoms with Crippen LogP contribution in [0.3, 0.4) is 0 Å². The fourth-order valence-electron chi connectivity index (χ4n) is 4.57. The van der Waals surface area contributed by atoms with Crippen LogP contribution < -0.4 is 4.57 Å². The number of aromatic amines is 1. The molecule has 1 atom stereocenters. The Morgan fingerprint density at radius 2 is 1.27 bits per heavy atom. The van der Waals surface area contributed by atoms with E-state index in [-0.39, 0.29) is 0 Å². The van der Waals surface area contributed by atoms with Gasteiger partial charge in [-0.1, -0.05) is 128 Å². The van der Waals surface area contributed by atoms with E-state index in [0.29, 0.717) is 5.92 Å². The van der Waals surface area contributed by atoms with E-state index >= 15 is 0 Å². The van der Waals surface area contributed by atoms with Gasteiger partial charge in [-0.15, -0.1) is 0 Å². The van der Waals surface area contributed by atoms with Crippen LogP contribution in [0.1, 0.15) is 127 Å². The Morgan fingerprint density at radius 3 is 1.90 bits per heavy atom. The lowest BCUT2D eigenvalue weighted by molar-refractivity contribution is -0.695. The van der Waals surface area contributed by atoms with E-state index in [9.17, 15) is 0 Å². The van der Waals surface area contributed by atoms with Crippen molar-refractivity contribution in [3.8, 4) is 0 Å². The molecule has 0 amide bonds. The van der Waals surface area contributed by atoms with E-state index in [1.165, 1.54) is 108 Å². The van der Waals surface area contributed by atoms with E-state index in [0.717, 1.165) is 6.54 Å². The Labute approximate surface area is 186 Å². The standard InChI is InChI=1S/C28H46N2/c1-3-5-7-8-9-10-11-12-13-14-18-22-27(21-6-4-2)28-29-23-24-30(28)25-26-19-16-15-17-20-26/h15-17,19-20,23-24,27H,3-14,18,21-22,25H2,1-2H3/p+1/t27-/m0/s1. The summed E-state index contributed by atoms with van der Waals surface area (Å²) in [5, 5.41) is 0. The van der Waals surface area contributed by atoms with Gasteiger partial charge in [0, 0.05) is 0 Å². The van der Waals surface area contributed by atoms with Crippen molar-refractivity contribution in [2.75, 3.05) is 0 Å². The van der Waals surface area contributed by atoms with Gasteiger partial charge in [0.25, 0.3) is 5.82 Å². The molecule has 0 bridgehead atoms. The van der Waals surface area contributed by atoms with Gasteiger partial charge in [0.15, 0.2) is 0 Å². The van der Waals surface area contributed by atoms with Crippen LogP contribution in [0.2, 0.25) is 0 Å². The van der Waals surface area contributed by atoms with E-state index < -0.39 is 0 Å². The van der Waals surface area contributed by atoms with Crippen molar-refractivity contribution in [1.82, 2.24) is 4.98 Å². The summed E-state index contributed by atoms with van der Waals surface area (Å²) in [7, 11) is 0. The van der Waals surface area contributed by atoms with Crippen LogP contribution >= 0.6 is 0 Å². The van der Waals surface area contributed by atoms with E-state index in [2.05, 4.69) is 66.1 Å². The third-order valence-electron chi connectivity index (χ3n) is 6.44. The minimum Gasteiger partial charge on any atom is -0.247 e. The first-order valence-electron chi connectivity index (χ1n) is 13.0. The Balaban J connectivity index is 1.70. The summed E-state index contributed by atoms with van der Waals surface area (Å²) in [4.78, 5) is 3.59. The van der Waals surface area contributed by atoms with Gasteiger partial charge in [0.2, 0.25) is 0 Å². The van der Waals surface area contributed by atoms with E-state index in [1.807, 2.05) is 0 Å². The van der Waals surface area contributed by atoms with Crippen LogP contribution in [-0.4, -0.2) is 4.98 Å². The molecule has 168 valence electrons. The quantitative estimate of drug-likeness (QED) is 0.188. The highest BCUT2D eigenvalue weighted by molar-refractivity contribution is 5.13. The third-order valence-corrected chi connectivity index (χ3v) is 6.44. The second-order valence-electron chi connectivity index (χ2n) is 9.12. The highest BCUT2D eigenvalue weighted by atomic mass is 15.1. The summed E-state index contributed by atoms with van der Waals surface area (Å²) < 4.78 is 2.44. The Morgan fingerprint density at radius 1 is 0.700 bits per heavy atom. The first kappa shape index (κ1) is 24.7. The average Bonchev–Trinajstić information content (AvgIpc) is 3.22. The number of hydrogen-bond donors (Lipinski definition) is 1. The maximum atomic E-state index is 3.59. The number of hydrogen-bond acceptors (Lipinski definition) is 0. The number of unbranched alkanes of at least 4 members (excludes halogenated alkanes) is 11. The first-order chi connectivity index (χ1) is 14.8. The zero-order valence-corrected chi connectivity index (χ0v) is 19.9. The molecule has 0 spiro atoms. The minimum absolute atomic E-state index is 0.669. The van der Waals surface area contributed by atoms with Crippen molar-refractivity contribution in [1.29, 1.82) is 0 Å². The van der Waals surface area contributed by atoms with Gasteiger partial charge in [-0.3, -0.25) is 0 Å². The van der Waals surface area contributed by atoms with Crippen molar-refractivity contribution >= 4 is 0 Å². The molecule has 2 nitrogen and oxygen atoms in total. The van der Waals surface area contributed by atoms with Gasteiger partial charge in [0.05, 0.1) is 5.92 Å². The smallest absolute Gasteiger partial charge is 0.247 e. The maximum absolute atomic E-state index is 3.59. The molecule has 0 unspecified atom stereocenters. The maximum Gasteiger partial charge on any atom is 0.257 e. The van der Waals surface area contributed by atoms with Crippen LogP contribution in [0.5, 0.6) is 0 Å². The van der Waals surface area contributed by atoms with Gasteiger partial charge >= 0.3 is 0 Å². The van der Waals surface area contributed by atoms with Crippen molar-refractivity contribution in [2.24, 2.45) is 0 Å². The van der Waals surface area contributed by atoms with Crippen LogP contribution in [0.4, 0.5) is 0 Å². The van der Waals surface area contributed by atoms with Gasteiger partial charge < -0.3 is 0 Å². The van der Waals surface area contributed by atoms with Crippen LogP contribution in [0.25, 0.3) is 0 Å². The molecule has 1 heterocycles. The predicted octanol–water partition coefficient (Wildman–Crippen LogP) is 8.33. The Hall–Kier alpha value is -1.57. The molecule has 0 radical (unpaired) electrons. The molecule has 30 heavy (non-hydrogen) atoms. The number of aromatic nitrogens is 2. The molecule has 0 saturated heterocycles. The summed E-state index contributed by atoms with van der Waals surface area (Å²) in [6.07, 6.45) is 25.2. The number of imidazole rings is 1. The molecule has 0 saturated carbocycles. The number of benzene rings is 1. The average molecular weight is 412 g/mol. The normalized spacial score (nSPS) is 12.3. The molecule has 0 aliphatic heterocycles. The van der Waals surface area contributed by atoms with Crippen molar-refractivity contribution in [3.05, 3.63) is 54.1 Å². The van der Waals surface area contributed by atoms with Crippen molar-refractivity contribution in [3.63, 3.8) is 0 Å². The van der Waals surface area contributed by atoms with Gasteiger partial charge in [0.1, 0.15) is 18.9 Å². The fraction of sp³-hybridized carbons (Fsp3) is 0.679. The third kappa shape index (κ3) is 9.96. The van der Waals surface area contributed by atoms with Crippen molar-refractivity contribution in [2.45, 2.75) is 123 Å². The molecule has 2 rings (SSSR count). The highest BCUT2D eigenvalue weighted by Crippen LogP contribution is 2.25. The zero-order valence-electron chi connectivity index (χ0n) is 19.9. The second-order valence-corrected chi connectivity index (χ2v) is 9.12. The SMILES string of the molecule is CCCCCCCCCCCCC[C@H](CCCC)c1[nH]cc[n+]1Cc1ccccc1. The first-order valence-corrected chi connectivity index (χ1v) is 13.0.